The molecule has 1 aliphatic rings. The summed E-state index contributed by atoms with van der Waals surface area (Å²) in [7, 11) is 1.95. The Kier molecular flexibility index (Phi) is 4.04. The zero-order valence-corrected chi connectivity index (χ0v) is 14.0. The number of rotatable bonds is 4. The molecule has 0 aliphatic carbocycles. The van der Waals surface area contributed by atoms with Crippen LogP contribution in [0.4, 0.5) is 0 Å². The fourth-order valence-corrected chi connectivity index (χ4v) is 3.45. The Hall–Kier alpha value is -1.33. The van der Waals surface area contributed by atoms with E-state index in [1.54, 1.807) is 0 Å². The SMILES string of the molecule is CCc1cc(C(N)Cc2cc(Br)cc3c2OCC3)n(C)n1. The molecule has 3 rings (SSSR count). The number of nitrogens with two attached hydrogens (primary N) is 1. The molecular formula is C16H20BrN3O. The first-order valence-electron chi connectivity index (χ1n) is 7.31. The number of hydrogen-bond acceptors (Lipinski definition) is 3. The number of halogens is 1. The molecular weight excluding hydrogens is 330 g/mol. The van der Waals surface area contributed by atoms with Crippen molar-refractivity contribution in [2.24, 2.45) is 12.8 Å². The Bertz CT molecular complexity index is 666. The Morgan fingerprint density at radius 3 is 2.95 bits per heavy atom. The minimum atomic E-state index is -0.0783. The first-order chi connectivity index (χ1) is 10.1. The minimum absolute atomic E-state index is 0.0783. The Balaban J connectivity index is 1.88. The van der Waals surface area contributed by atoms with E-state index in [4.69, 9.17) is 10.5 Å². The lowest BCUT2D eigenvalue weighted by molar-refractivity contribution is 0.352. The van der Waals surface area contributed by atoms with Gasteiger partial charge in [0.15, 0.2) is 0 Å². The van der Waals surface area contributed by atoms with Gasteiger partial charge < -0.3 is 10.5 Å². The van der Waals surface area contributed by atoms with Crippen LogP contribution >= 0.6 is 15.9 Å². The Labute approximate surface area is 133 Å². The zero-order valence-electron chi connectivity index (χ0n) is 12.4. The molecule has 1 atom stereocenters. The van der Waals surface area contributed by atoms with Crippen LogP contribution in [-0.4, -0.2) is 16.4 Å². The summed E-state index contributed by atoms with van der Waals surface area (Å²) in [6.07, 6.45) is 2.66. The molecule has 112 valence electrons. The van der Waals surface area contributed by atoms with Crippen LogP contribution in [0.3, 0.4) is 0 Å². The van der Waals surface area contributed by atoms with Gasteiger partial charge in [-0.1, -0.05) is 22.9 Å². The van der Waals surface area contributed by atoms with E-state index in [0.717, 1.165) is 47.5 Å². The Morgan fingerprint density at radius 1 is 1.43 bits per heavy atom. The lowest BCUT2D eigenvalue weighted by Gasteiger charge is -2.15. The smallest absolute Gasteiger partial charge is 0.125 e. The van der Waals surface area contributed by atoms with E-state index in [1.807, 2.05) is 11.7 Å². The van der Waals surface area contributed by atoms with Crippen molar-refractivity contribution < 1.29 is 4.74 Å². The summed E-state index contributed by atoms with van der Waals surface area (Å²) in [5, 5.41) is 4.48. The van der Waals surface area contributed by atoms with Crippen LogP contribution in [0.2, 0.25) is 0 Å². The molecule has 1 aromatic carbocycles. The average Bonchev–Trinajstić information content (AvgIpc) is 3.04. The number of aromatic nitrogens is 2. The molecule has 1 unspecified atom stereocenters. The minimum Gasteiger partial charge on any atom is -0.493 e. The summed E-state index contributed by atoms with van der Waals surface area (Å²) in [5.41, 5.74) is 11.0. The maximum atomic E-state index is 6.41. The molecule has 0 amide bonds. The van der Waals surface area contributed by atoms with E-state index in [9.17, 15) is 0 Å². The van der Waals surface area contributed by atoms with Gasteiger partial charge in [-0.3, -0.25) is 4.68 Å². The summed E-state index contributed by atoms with van der Waals surface area (Å²) in [5.74, 6) is 1.02. The first kappa shape index (κ1) is 14.6. The molecule has 1 aromatic heterocycles. The third kappa shape index (κ3) is 2.85. The summed E-state index contributed by atoms with van der Waals surface area (Å²) in [6.45, 7) is 2.87. The predicted molar refractivity (Wildman–Crippen MR) is 86.6 cm³/mol. The van der Waals surface area contributed by atoms with Crippen LogP contribution < -0.4 is 10.5 Å². The second-order valence-corrected chi connectivity index (χ2v) is 6.42. The van der Waals surface area contributed by atoms with Crippen LogP contribution in [0.25, 0.3) is 0 Å². The molecule has 0 saturated heterocycles. The third-order valence-corrected chi connectivity index (χ3v) is 4.43. The molecule has 0 fully saturated rings. The highest BCUT2D eigenvalue weighted by Gasteiger charge is 2.21. The monoisotopic (exact) mass is 349 g/mol. The molecule has 2 heterocycles. The summed E-state index contributed by atoms with van der Waals surface area (Å²) >= 11 is 3.58. The molecule has 2 aromatic rings. The molecule has 2 N–H and O–H groups in total. The largest absolute Gasteiger partial charge is 0.493 e. The standard InChI is InChI=1S/C16H20BrN3O/c1-3-13-9-15(20(2)19-13)14(18)8-11-7-12(17)6-10-4-5-21-16(10)11/h6-7,9,14H,3-5,8,18H2,1-2H3. The lowest BCUT2D eigenvalue weighted by Crippen LogP contribution is -2.17. The van der Waals surface area contributed by atoms with Gasteiger partial charge in [0.1, 0.15) is 5.75 Å². The van der Waals surface area contributed by atoms with Gasteiger partial charge in [0.2, 0.25) is 0 Å². The maximum Gasteiger partial charge on any atom is 0.125 e. The molecule has 5 heteroatoms. The van der Waals surface area contributed by atoms with Crippen LogP contribution in [0.15, 0.2) is 22.7 Å². The van der Waals surface area contributed by atoms with Crippen molar-refractivity contribution in [2.75, 3.05) is 6.61 Å². The molecule has 1 aliphatic heterocycles. The number of nitrogens with zero attached hydrogens (tertiary/aromatic N) is 2. The van der Waals surface area contributed by atoms with Gasteiger partial charge in [0.05, 0.1) is 24.0 Å². The molecule has 0 bridgehead atoms. The van der Waals surface area contributed by atoms with Crippen molar-refractivity contribution in [3.05, 3.63) is 45.2 Å². The predicted octanol–water partition coefficient (Wildman–Crippen LogP) is 2.92. The third-order valence-electron chi connectivity index (χ3n) is 3.97. The maximum absolute atomic E-state index is 6.41. The van der Waals surface area contributed by atoms with Gasteiger partial charge in [-0.2, -0.15) is 5.10 Å². The Morgan fingerprint density at radius 2 is 2.24 bits per heavy atom. The van der Waals surface area contributed by atoms with Crippen molar-refractivity contribution in [3.63, 3.8) is 0 Å². The van der Waals surface area contributed by atoms with E-state index in [2.05, 4.69) is 46.2 Å². The normalized spacial score (nSPS) is 14.9. The van der Waals surface area contributed by atoms with E-state index in [1.165, 1.54) is 11.1 Å². The highest BCUT2D eigenvalue weighted by Crippen LogP contribution is 2.35. The van der Waals surface area contributed by atoms with Crippen LogP contribution in [0, 0.1) is 0 Å². The van der Waals surface area contributed by atoms with Gasteiger partial charge in [0.25, 0.3) is 0 Å². The molecule has 0 radical (unpaired) electrons. The van der Waals surface area contributed by atoms with E-state index < -0.39 is 0 Å². The van der Waals surface area contributed by atoms with Crippen molar-refractivity contribution >= 4 is 15.9 Å². The van der Waals surface area contributed by atoms with Crippen LogP contribution in [-0.2, 0) is 26.3 Å². The van der Waals surface area contributed by atoms with Crippen LogP contribution in [0.5, 0.6) is 5.75 Å². The first-order valence-corrected chi connectivity index (χ1v) is 8.10. The van der Waals surface area contributed by atoms with E-state index >= 15 is 0 Å². The molecule has 21 heavy (non-hydrogen) atoms. The number of ether oxygens (including phenoxy) is 1. The molecule has 0 saturated carbocycles. The van der Waals surface area contributed by atoms with Gasteiger partial charge >= 0.3 is 0 Å². The summed E-state index contributed by atoms with van der Waals surface area (Å²) in [4.78, 5) is 0. The fourth-order valence-electron chi connectivity index (χ4n) is 2.90. The van der Waals surface area contributed by atoms with Gasteiger partial charge in [-0.05, 0) is 42.2 Å². The quantitative estimate of drug-likeness (QED) is 0.923. The topological polar surface area (TPSA) is 53.1 Å². The summed E-state index contributed by atoms with van der Waals surface area (Å²) < 4.78 is 8.76. The molecule has 4 nitrogen and oxygen atoms in total. The van der Waals surface area contributed by atoms with Crippen molar-refractivity contribution in [1.82, 2.24) is 9.78 Å². The number of aryl methyl sites for hydroxylation is 2. The van der Waals surface area contributed by atoms with Crippen molar-refractivity contribution in [3.8, 4) is 5.75 Å². The zero-order chi connectivity index (χ0) is 15.0. The average molecular weight is 350 g/mol. The van der Waals surface area contributed by atoms with Gasteiger partial charge in [-0.15, -0.1) is 0 Å². The van der Waals surface area contributed by atoms with Crippen LogP contribution in [0.1, 0.15) is 35.5 Å². The lowest BCUT2D eigenvalue weighted by atomic mass is 10.00. The van der Waals surface area contributed by atoms with Gasteiger partial charge in [0, 0.05) is 17.9 Å². The fraction of sp³-hybridized carbons (Fsp3) is 0.438. The highest BCUT2D eigenvalue weighted by molar-refractivity contribution is 9.10. The van der Waals surface area contributed by atoms with Gasteiger partial charge in [-0.25, -0.2) is 0 Å². The van der Waals surface area contributed by atoms with E-state index in [0.29, 0.717) is 0 Å². The second-order valence-electron chi connectivity index (χ2n) is 5.50. The van der Waals surface area contributed by atoms with Crippen molar-refractivity contribution in [1.29, 1.82) is 0 Å². The van der Waals surface area contributed by atoms with E-state index in [-0.39, 0.29) is 6.04 Å². The number of hydrogen-bond donors (Lipinski definition) is 1. The molecule has 0 spiro atoms. The highest BCUT2D eigenvalue weighted by atomic mass is 79.9. The number of fused-ring (bicyclic) bond motifs is 1. The van der Waals surface area contributed by atoms with Crippen molar-refractivity contribution in [2.45, 2.75) is 32.2 Å². The number of benzene rings is 1. The summed E-state index contributed by atoms with van der Waals surface area (Å²) in [6, 6.07) is 6.27. The second kappa shape index (κ2) is 5.81.